The lowest BCUT2D eigenvalue weighted by Gasteiger charge is -2.10. The Bertz CT molecular complexity index is 1070. The maximum absolute atomic E-state index is 13.2. The number of ketones is 1. The van der Waals surface area contributed by atoms with Crippen molar-refractivity contribution in [3.63, 3.8) is 0 Å². The van der Waals surface area contributed by atoms with Crippen molar-refractivity contribution in [3.8, 4) is 0 Å². The number of Topliss-reactive ketones (excluding diaryl/α,β-unsaturated/α-hetero) is 1. The fourth-order valence-corrected chi connectivity index (χ4v) is 3.73. The van der Waals surface area contributed by atoms with E-state index in [9.17, 15) is 18.0 Å². The van der Waals surface area contributed by atoms with Crippen molar-refractivity contribution in [2.75, 3.05) is 0 Å². The van der Waals surface area contributed by atoms with Crippen LogP contribution in [0.15, 0.2) is 24.3 Å². The summed E-state index contributed by atoms with van der Waals surface area (Å²) in [6.45, 7) is 2.80. The number of carbonyl (C=O) groups is 1. The number of rotatable bonds is 3. The van der Waals surface area contributed by atoms with Crippen LogP contribution in [0.5, 0.6) is 0 Å². The Morgan fingerprint density at radius 2 is 1.85 bits per heavy atom. The summed E-state index contributed by atoms with van der Waals surface area (Å²) < 4.78 is 41.2. The molecule has 0 aliphatic heterocycles. The first-order valence-electron chi connectivity index (χ1n) is 8.02. The minimum atomic E-state index is -4.45. The molecule has 0 radical (unpaired) electrons. The van der Waals surface area contributed by atoms with E-state index in [0.29, 0.717) is 27.5 Å². The molecule has 2 aromatic carbocycles. The molecule has 0 atom stereocenters. The molecule has 0 aliphatic carbocycles. The fraction of sp³-hybridized carbons (Fsp3) is 0.263. The molecule has 0 N–H and O–H groups in total. The summed E-state index contributed by atoms with van der Waals surface area (Å²) in [4.78, 5) is 16.1. The zero-order chi connectivity index (χ0) is 20.1. The van der Waals surface area contributed by atoms with Gasteiger partial charge >= 0.3 is 6.18 Å². The van der Waals surface area contributed by atoms with Gasteiger partial charge in [0.15, 0.2) is 5.78 Å². The van der Waals surface area contributed by atoms with Gasteiger partial charge in [-0.05, 0) is 49.2 Å². The second kappa shape index (κ2) is 6.84. The quantitative estimate of drug-likeness (QED) is 0.492. The Morgan fingerprint density at radius 3 is 2.44 bits per heavy atom. The second-order valence-corrected chi connectivity index (χ2v) is 7.10. The van der Waals surface area contributed by atoms with Crippen LogP contribution in [0, 0.1) is 6.92 Å². The Hall–Kier alpha value is -2.05. The molecule has 0 saturated heterocycles. The van der Waals surface area contributed by atoms with Crippen molar-refractivity contribution in [2.45, 2.75) is 26.4 Å². The van der Waals surface area contributed by atoms with E-state index in [-0.39, 0.29) is 28.3 Å². The van der Waals surface area contributed by atoms with Gasteiger partial charge in [0.05, 0.1) is 21.6 Å². The van der Waals surface area contributed by atoms with Crippen LogP contribution in [0.3, 0.4) is 0 Å². The molecule has 0 bridgehead atoms. The van der Waals surface area contributed by atoms with E-state index in [2.05, 4.69) is 4.98 Å². The average Bonchev–Trinajstić information content (AvgIpc) is 2.87. The lowest BCUT2D eigenvalue weighted by Crippen LogP contribution is -2.07. The highest BCUT2D eigenvalue weighted by Gasteiger charge is 2.33. The van der Waals surface area contributed by atoms with Crippen LogP contribution in [-0.2, 0) is 19.6 Å². The number of imidazole rings is 1. The highest BCUT2D eigenvalue weighted by molar-refractivity contribution is 6.38. The molecule has 3 aromatic rings. The van der Waals surface area contributed by atoms with Crippen LogP contribution in [-0.4, -0.2) is 15.3 Å². The zero-order valence-electron chi connectivity index (χ0n) is 14.7. The number of benzene rings is 2. The molecule has 142 valence electrons. The van der Waals surface area contributed by atoms with E-state index in [1.165, 1.54) is 19.9 Å². The molecule has 0 fully saturated rings. The second-order valence-electron chi connectivity index (χ2n) is 6.31. The van der Waals surface area contributed by atoms with Crippen LogP contribution >= 0.6 is 23.2 Å². The third-order valence-electron chi connectivity index (χ3n) is 4.60. The summed E-state index contributed by atoms with van der Waals surface area (Å²) in [5, 5.41) is 0.597. The standard InChI is InChI=1S/C19H15Cl2F3N2O/c1-9-13(19(22,23)24)5-7-15-18(9)25-16(26(15)3)8-12-14(20)6-4-11(10(2)27)17(12)21/h4-7H,8H2,1-3H3. The fourth-order valence-electron chi connectivity index (χ4n) is 3.10. The molecule has 8 heteroatoms. The van der Waals surface area contributed by atoms with Crippen molar-refractivity contribution in [3.05, 3.63) is 62.4 Å². The molecule has 0 spiro atoms. The van der Waals surface area contributed by atoms with Crippen molar-refractivity contribution >= 4 is 40.0 Å². The molecule has 27 heavy (non-hydrogen) atoms. The van der Waals surface area contributed by atoms with Gasteiger partial charge < -0.3 is 4.57 Å². The number of halogens is 5. The van der Waals surface area contributed by atoms with E-state index in [0.717, 1.165) is 6.07 Å². The number of nitrogens with zero attached hydrogens (tertiary/aromatic N) is 2. The normalized spacial score (nSPS) is 12.0. The van der Waals surface area contributed by atoms with E-state index in [4.69, 9.17) is 23.2 Å². The number of aromatic nitrogens is 2. The van der Waals surface area contributed by atoms with Gasteiger partial charge in [-0.1, -0.05) is 23.2 Å². The molecule has 1 aromatic heterocycles. The third-order valence-corrected chi connectivity index (χ3v) is 5.39. The topological polar surface area (TPSA) is 34.9 Å². The maximum atomic E-state index is 13.2. The molecule has 3 rings (SSSR count). The molecule has 3 nitrogen and oxygen atoms in total. The summed E-state index contributed by atoms with van der Waals surface area (Å²) in [5.74, 6) is 0.297. The number of carbonyl (C=O) groups excluding carboxylic acids is 1. The van der Waals surface area contributed by atoms with Gasteiger partial charge in [-0.2, -0.15) is 13.2 Å². The predicted octanol–water partition coefficient (Wildman–Crippen LogP) is 6.00. The van der Waals surface area contributed by atoms with Gasteiger partial charge in [0, 0.05) is 24.1 Å². The summed E-state index contributed by atoms with van der Waals surface area (Å²) in [6, 6.07) is 5.58. The SMILES string of the molecule is CC(=O)c1ccc(Cl)c(Cc2nc3c(C)c(C(F)(F)F)ccc3n2C)c1Cl. The first-order chi connectivity index (χ1) is 12.5. The van der Waals surface area contributed by atoms with Crippen LogP contribution in [0.1, 0.15) is 39.8 Å². The number of hydrogen-bond acceptors (Lipinski definition) is 2. The summed E-state index contributed by atoms with van der Waals surface area (Å²) in [5.41, 5.74) is 1.05. The first-order valence-corrected chi connectivity index (χ1v) is 8.78. The summed E-state index contributed by atoms with van der Waals surface area (Å²) in [7, 11) is 1.72. The van der Waals surface area contributed by atoms with Crippen molar-refractivity contribution in [2.24, 2.45) is 7.05 Å². The maximum Gasteiger partial charge on any atom is 0.416 e. The highest BCUT2D eigenvalue weighted by atomic mass is 35.5. The first kappa shape index (κ1) is 19.7. The van der Waals surface area contributed by atoms with Crippen molar-refractivity contribution in [1.82, 2.24) is 9.55 Å². The third kappa shape index (κ3) is 3.44. The van der Waals surface area contributed by atoms with Crippen molar-refractivity contribution < 1.29 is 18.0 Å². The molecule has 0 saturated carbocycles. The van der Waals surface area contributed by atoms with E-state index >= 15 is 0 Å². The number of aryl methyl sites for hydroxylation is 2. The minimum Gasteiger partial charge on any atom is -0.331 e. The van der Waals surface area contributed by atoms with Gasteiger partial charge in [0.1, 0.15) is 5.82 Å². The predicted molar refractivity (Wildman–Crippen MR) is 99.7 cm³/mol. The van der Waals surface area contributed by atoms with E-state index in [1.54, 1.807) is 23.7 Å². The number of fused-ring (bicyclic) bond motifs is 1. The summed E-state index contributed by atoms with van der Waals surface area (Å²) >= 11 is 12.6. The molecular weight excluding hydrogens is 400 g/mol. The van der Waals surface area contributed by atoms with E-state index < -0.39 is 11.7 Å². The minimum absolute atomic E-state index is 0.0662. The smallest absolute Gasteiger partial charge is 0.331 e. The van der Waals surface area contributed by atoms with Gasteiger partial charge in [0.2, 0.25) is 0 Å². The number of alkyl halides is 3. The molecule has 0 unspecified atom stereocenters. The zero-order valence-corrected chi connectivity index (χ0v) is 16.2. The van der Waals surface area contributed by atoms with E-state index in [1.807, 2.05) is 0 Å². The van der Waals surface area contributed by atoms with Crippen LogP contribution in [0.4, 0.5) is 13.2 Å². The average molecular weight is 415 g/mol. The Labute approximate surface area is 163 Å². The Kier molecular flexibility index (Phi) is 4.99. The van der Waals surface area contributed by atoms with Gasteiger partial charge in [-0.25, -0.2) is 4.98 Å². The molecule has 0 aliphatic rings. The monoisotopic (exact) mass is 414 g/mol. The van der Waals surface area contributed by atoms with Gasteiger partial charge in [-0.15, -0.1) is 0 Å². The van der Waals surface area contributed by atoms with Gasteiger partial charge in [0.25, 0.3) is 0 Å². The van der Waals surface area contributed by atoms with Crippen molar-refractivity contribution in [1.29, 1.82) is 0 Å². The van der Waals surface area contributed by atoms with Crippen LogP contribution < -0.4 is 0 Å². The lowest BCUT2D eigenvalue weighted by molar-refractivity contribution is -0.137. The highest BCUT2D eigenvalue weighted by Crippen LogP contribution is 2.36. The number of hydrogen-bond donors (Lipinski definition) is 0. The van der Waals surface area contributed by atoms with Crippen LogP contribution in [0.25, 0.3) is 11.0 Å². The summed E-state index contributed by atoms with van der Waals surface area (Å²) in [6.07, 6.45) is -4.26. The molecule has 0 amide bonds. The van der Waals surface area contributed by atoms with Gasteiger partial charge in [-0.3, -0.25) is 4.79 Å². The molecular formula is C19H15Cl2F3N2O. The Balaban J connectivity index is 2.15. The largest absolute Gasteiger partial charge is 0.416 e. The Morgan fingerprint density at radius 1 is 1.19 bits per heavy atom. The lowest BCUT2D eigenvalue weighted by atomic mass is 10.0. The molecule has 1 heterocycles. The van der Waals surface area contributed by atoms with Crippen LogP contribution in [0.2, 0.25) is 10.0 Å².